The summed E-state index contributed by atoms with van der Waals surface area (Å²) < 4.78 is 4.33. The second-order valence-electron chi connectivity index (χ2n) is 3.38. The van der Waals surface area contributed by atoms with Gasteiger partial charge in [-0.3, -0.25) is 0 Å². The van der Waals surface area contributed by atoms with Crippen LogP contribution in [0.4, 0.5) is 0 Å². The zero-order valence-electron chi connectivity index (χ0n) is 8.57. The molecular weight excluding hydrogens is 184 g/mol. The van der Waals surface area contributed by atoms with Crippen LogP contribution in [0.5, 0.6) is 0 Å². The van der Waals surface area contributed by atoms with Crippen LogP contribution in [0.1, 0.15) is 32.6 Å². The van der Waals surface area contributed by atoms with Crippen molar-refractivity contribution in [1.82, 2.24) is 4.57 Å². The quantitative estimate of drug-likeness (QED) is 0.513. The van der Waals surface area contributed by atoms with Crippen LogP contribution in [0.2, 0.25) is 0 Å². The maximum Gasteiger partial charge on any atom is 0.243 e. The molecule has 0 aliphatic rings. The third kappa shape index (κ3) is 4.94. The molecule has 13 heavy (non-hydrogen) atoms. The first kappa shape index (κ1) is 12.5. The van der Waals surface area contributed by atoms with Gasteiger partial charge in [0.1, 0.15) is 12.4 Å². The summed E-state index contributed by atoms with van der Waals surface area (Å²) in [6.45, 7) is 3.41. The molecular formula is C10H20ClN2+. The highest BCUT2D eigenvalue weighted by molar-refractivity contribution is 5.85. The van der Waals surface area contributed by atoms with Gasteiger partial charge in [-0.25, -0.2) is 9.13 Å². The van der Waals surface area contributed by atoms with Crippen molar-refractivity contribution in [1.29, 1.82) is 0 Å². The number of rotatable bonds is 5. The lowest BCUT2D eigenvalue weighted by molar-refractivity contribution is -0.671. The molecule has 2 nitrogen and oxygen atoms in total. The maximum absolute atomic E-state index is 2.25. The molecule has 0 aromatic carbocycles. The van der Waals surface area contributed by atoms with Gasteiger partial charge in [-0.1, -0.05) is 19.8 Å². The SMILES string of the molecule is CCCCCCn1cc[n+](C)c1.Cl. The Morgan fingerprint density at radius 3 is 2.54 bits per heavy atom. The molecule has 0 radical (unpaired) electrons. The van der Waals surface area contributed by atoms with Crippen LogP contribution in [0, 0.1) is 0 Å². The van der Waals surface area contributed by atoms with Gasteiger partial charge in [-0.05, 0) is 12.8 Å². The van der Waals surface area contributed by atoms with Crippen LogP contribution in [0.15, 0.2) is 18.7 Å². The normalized spacial score (nSPS) is 9.69. The zero-order valence-corrected chi connectivity index (χ0v) is 9.39. The summed E-state index contributed by atoms with van der Waals surface area (Å²) in [5, 5.41) is 0. The second kappa shape index (κ2) is 6.96. The van der Waals surface area contributed by atoms with Gasteiger partial charge >= 0.3 is 0 Å². The number of nitrogens with zero attached hydrogens (tertiary/aromatic N) is 2. The number of halogens is 1. The predicted octanol–water partition coefficient (Wildman–Crippen LogP) is 2.31. The summed E-state index contributed by atoms with van der Waals surface area (Å²) in [6, 6.07) is 0. The van der Waals surface area contributed by atoms with Gasteiger partial charge < -0.3 is 0 Å². The minimum Gasteiger partial charge on any atom is -0.240 e. The van der Waals surface area contributed by atoms with Crippen molar-refractivity contribution >= 4 is 12.4 Å². The number of unbranched alkanes of at least 4 members (excludes halogenated alkanes) is 3. The van der Waals surface area contributed by atoms with E-state index in [9.17, 15) is 0 Å². The van der Waals surface area contributed by atoms with Crippen LogP contribution in [0.25, 0.3) is 0 Å². The second-order valence-corrected chi connectivity index (χ2v) is 3.38. The molecule has 1 heterocycles. The smallest absolute Gasteiger partial charge is 0.240 e. The number of hydrogen-bond donors (Lipinski definition) is 0. The van der Waals surface area contributed by atoms with Crippen molar-refractivity contribution in [3.63, 3.8) is 0 Å². The van der Waals surface area contributed by atoms with Crippen molar-refractivity contribution in [2.24, 2.45) is 7.05 Å². The zero-order chi connectivity index (χ0) is 8.81. The number of aryl methyl sites for hydroxylation is 2. The third-order valence-corrected chi connectivity index (χ3v) is 2.09. The monoisotopic (exact) mass is 203 g/mol. The van der Waals surface area contributed by atoms with E-state index in [1.165, 1.54) is 32.2 Å². The Balaban J connectivity index is 0.00000144. The summed E-state index contributed by atoms with van der Waals surface area (Å²) in [4.78, 5) is 0. The molecule has 0 N–H and O–H groups in total. The Kier molecular flexibility index (Phi) is 6.69. The molecule has 76 valence electrons. The average molecular weight is 204 g/mol. The highest BCUT2D eigenvalue weighted by atomic mass is 35.5. The lowest BCUT2D eigenvalue weighted by Crippen LogP contribution is -2.23. The lowest BCUT2D eigenvalue weighted by atomic mass is 10.2. The molecule has 1 aromatic rings. The van der Waals surface area contributed by atoms with Crippen LogP contribution < -0.4 is 4.57 Å². The molecule has 0 unspecified atom stereocenters. The van der Waals surface area contributed by atoms with Gasteiger partial charge in [-0.15, -0.1) is 12.4 Å². The molecule has 3 heteroatoms. The van der Waals surface area contributed by atoms with E-state index in [1.807, 2.05) is 0 Å². The van der Waals surface area contributed by atoms with Crippen LogP contribution in [0.3, 0.4) is 0 Å². The Morgan fingerprint density at radius 1 is 1.23 bits per heavy atom. The first-order chi connectivity index (χ1) is 5.83. The molecule has 0 atom stereocenters. The van der Waals surface area contributed by atoms with Gasteiger partial charge in [0.05, 0.1) is 13.6 Å². The minimum atomic E-state index is 0. The van der Waals surface area contributed by atoms with E-state index in [-0.39, 0.29) is 12.4 Å². The van der Waals surface area contributed by atoms with E-state index in [0.717, 1.165) is 0 Å². The van der Waals surface area contributed by atoms with Gasteiger partial charge in [0, 0.05) is 0 Å². The first-order valence-corrected chi connectivity index (χ1v) is 4.84. The maximum atomic E-state index is 2.25. The van der Waals surface area contributed by atoms with E-state index in [1.54, 1.807) is 0 Å². The fourth-order valence-corrected chi connectivity index (χ4v) is 1.36. The van der Waals surface area contributed by atoms with Crippen LogP contribution in [-0.2, 0) is 13.6 Å². The molecule has 0 amide bonds. The van der Waals surface area contributed by atoms with E-state index in [4.69, 9.17) is 0 Å². The molecule has 1 rings (SSSR count). The molecule has 0 aliphatic heterocycles. The molecule has 0 fully saturated rings. The Labute approximate surface area is 87.0 Å². The van der Waals surface area contributed by atoms with E-state index in [2.05, 4.69) is 41.8 Å². The average Bonchev–Trinajstić information content (AvgIpc) is 2.45. The predicted molar refractivity (Wildman–Crippen MR) is 57.0 cm³/mol. The number of hydrogen-bond acceptors (Lipinski definition) is 0. The summed E-state index contributed by atoms with van der Waals surface area (Å²) in [5.41, 5.74) is 0. The molecule has 0 aliphatic carbocycles. The van der Waals surface area contributed by atoms with Gasteiger partial charge in [0.25, 0.3) is 0 Å². The van der Waals surface area contributed by atoms with Gasteiger partial charge in [0.15, 0.2) is 0 Å². The lowest BCUT2D eigenvalue weighted by Gasteiger charge is -1.95. The van der Waals surface area contributed by atoms with Crippen molar-refractivity contribution in [3.05, 3.63) is 18.7 Å². The van der Waals surface area contributed by atoms with Crippen molar-refractivity contribution in [3.8, 4) is 0 Å². The molecule has 0 spiro atoms. The topological polar surface area (TPSA) is 8.81 Å². The van der Waals surface area contributed by atoms with Crippen LogP contribution in [-0.4, -0.2) is 4.57 Å². The molecule has 0 saturated heterocycles. The van der Waals surface area contributed by atoms with E-state index >= 15 is 0 Å². The summed E-state index contributed by atoms with van der Waals surface area (Å²) in [7, 11) is 2.06. The van der Waals surface area contributed by atoms with Crippen molar-refractivity contribution in [2.45, 2.75) is 39.2 Å². The molecule has 0 saturated carbocycles. The minimum absolute atomic E-state index is 0. The summed E-state index contributed by atoms with van der Waals surface area (Å²) >= 11 is 0. The van der Waals surface area contributed by atoms with Crippen LogP contribution >= 0.6 is 12.4 Å². The number of aromatic nitrogens is 2. The van der Waals surface area contributed by atoms with Crippen molar-refractivity contribution in [2.75, 3.05) is 0 Å². The Morgan fingerprint density at radius 2 is 2.00 bits per heavy atom. The van der Waals surface area contributed by atoms with E-state index < -0.39 is 0 Å². The summed E-state index contributed by atoms with van der Waals surface area (Å²) in [5.74, 6) is 0. The van der Waals surface area contributed by atoms with Gasteiger partial charge in [0.2, 0.25) is 6.33 Å². The summed E-state index contributed by atoms with van der Waals surface area (Å²) in [6.07, 6.45) is 11.7. The van der Waals surface area contributed by atoms with Gasteiger partial charge in [-0.2, -0.15) is 0 Å². The van der Waals surface area contributed by atoms with Crippen molar-refractivity contribution < 1.29 is 4.57 Å². The molecule has 0 bridgehead atoms. The van der Waals surface area contributed by atoms with E-state index in [0.29, 0.717) is 0 Å². The standard InChI is InChI=1S/C10H19N2.ClH/c1-3-4-5-6-7-12-9-8-11(2)10-12;/h8-10H,3-7H2,1-2H3;1H/q+1;. The Hall–Kier alpha value is -0.500. The largest absolute Gasteiger partial charge is 0.243 e. The first-order valence-electron chi connectivity index (χ1n) is 4.84. The highest BCUT2D eigenvalue weighted by Gasteiger charge is 1.97. The molecule has 1 aromatic heterocycles. The fourth-order valence-electron chi connectivity index (χ4n) is 1.36. The Bertz CT molecular complexity index is 220. The fraction of sp³-hybridized carbons (Fsp3) is 0.700. The third-order valence-electron chi connectivity index (χ3n) is 2.09. The highest BCUT2D eigenvalue weighted by Crippen LogP contribution is 2.00. The number of imidazole rings is 1.